The van der Waals surface area contributed by atoms with Gasteiger partial charge in [0.1, 0.15) is 23.2 Å². The summed E-state index contributed by atoms with van der Waals surface area (Å²) in [6.45, 7) is 6.63. The Hall–Kier alpha value is -2.21. The van der Waals surface area contributed by atoms with Crippen molar-refractivity contribution in [1.29, 1.82) is 0 Å². The van der Waals surface area contributed by atoms with Crippen LogP contribution in [0, 0.1) is 0 Å². The van der Waals surface area contributed by atoms with Gasteiger partial charge in [0.05, 0.1) is 11.8 Å². The molecule has 3 aromatic carbocycles. The zero-order valence-corrected chi connectivity index (χ0v) is 20.3. The summed E-state index contributed by atoms with van der Waals surface area (Å²) in [5.41, 5.74) is 1.42. The lowest BCUT2D eigenvalue weighted by atomic mass is 9.99. The first-order chi connectivity index (χ1) is 15.0. The molecule has 0 aromatic heterocycles. The summed E-state index contributed by atoms with van der Waals surface area (Å²) in [5.74, 6) is 0. The van der Waals surface area contributed by atoms with Gasteiger partial charge in [0.25, 0.3) is 0 Å². The molecule has 3 aromatic rings. The fourth-order valence-electron chi connectivity index (χ4n) is 4.10. The monoisotopic (exact) mass is 431 g/mol. The Morgan fingerprint density at radius 1 is 0.774 bits per heavy atom. The molecule has 0 spiro atoms. The highest BCUT2D eigenvalue weighted by Crippen LogP contribution is 2.55. The number of benzene rings is 3. The predicted molar refractivity (Wildman–Crippen MR) is 139 cm³/mol. The quantitative estimate of drug-likeness (QED) is 0.262. The van der Waals surface area contributed by atoms with Crippen LogP contribution >= 0.6 is 7.26 Å². The highest BCUT2D eigenvalue weighted by molar-refractivity contribution is 7.95. The Kier molecular flexibility index (Phi) is 8.24. The molecule has 3 rings (SSSR count). The van der Waals surface area contributed by atoms with Gasteiger partial charge in [-0.25, -0.2) is 0 Å². The van der Waals surface area contributed by atoms with Gasteiger partial charge in [-0.15, -0.1) is 0 Å². The summed E-state index contributed by atoms with van der Waals surface area (Å²) in [4.78, 5) is 0. The third-order valence-corrected chi connectivity index (χ3v) is 10.5. The average Bonchev–Trinajstić information content (AvgIpc) is 2.81. The second-order valence-electron chi connectivity index (χ2n) is 8.87. The third kappa shape index (κ3) is 5.94. The molecule has 0 amide bonds. The van der Waals surface area contributed by atoms with Crippen molar-refractivity contribution in [3.8, 4) is 0 Å². The molecule has 0 fully saturated rings. The minimum Gasteiger partial charge on any atom is -0.379 e. The molecule has 0 N–H and O–H groups in total. The Morgan fingerprint density at radius 2 is 1.19 bits per heavy atom. The molecular formula is C29H36OP+. The maximum Gasteiger partial charge on any atom is 0.115 e. The first-order valence-corrected chi connectivity index (χ1v) is 13.2. The van der Waals surface area contributed by atoms with Crippen LogP contribution in [-0.4, -0.2) is 18.9 Å². The summed E-state index contributed by atoms with van der Waals surface area (Å²) in [6, 6.07) is 33.3. The van der Waals surface area contributed by atoms with Gasteiger partial charge >= 0.3 is 0 Å². The molecule has 1 nitrogen and oxygen atoms in total. The van der Waals surface area contributed by atoms with Crippen molar-refractivity contribution in [3.63, 3.8) is 0 Å². The highest BCUT2D eigenvalue weighted by Gasteiger charge is 2.44. The van der Waals surface area contributed by atoms with E-state index in [1.807, 2.05) is 0 Å². The van der Waals surface area contributed by atoms with Crippen LogP contribution in [0.2, 0.25) is 0 Å². The number of allylic oxidation sites excluding steroid dienone is 2. The van der Waals surface area contributed by atoms with E-state index in [0.717, 1.165) is 25.4 Å². The normalized spacial score (nSPS) is 12.7. The predicted octanol–water partition coefficient (Wildman–Crippen LogP) is 6.52. The molecule has 0 unspecified atom stereocenters. The summed E-state index contributed by atoms with van der Waals surface area (Å²) < 4.78 is 5.59. The summed E-state index contributed by atoms with van der Waals surface area (Å²) in [6.07, 6.45) is 6.89. The smallest absolute Gasteiger partial charge is 0.115 e. The van der Waals surface area contributed by atoms with Crippen LogP contribution in [0.15, 0.2) is 103 Å². The zero-order chi connectivity index (χ0) is 22.2. The van der Waals surface area contributed by atoms with Gasteiger partial charge in [-0.2, -0.15) is 0 Å². The maximum atomic E-state index is 5.59. The van der Waals surface area contributed by atoms with Crippen molar-refractivity contribution in [2.24, 2.45) is 0 Å². The fraction of sp³-hybridized carbons (Fsp3) is 0.310. The van der Waals surface area contributed by atoms with E-state index in [9.17, 15) is 0 Å². The van der Waals surface area contributed by atoms with Gasteiger partial charge in [-0.05, 0) is 82.5 Å². The van der Waals surface area contributed by atoms with Crippen molar-refractivity contribution >= 4 is 23.2 Å². The van der Waals surface area contributed by atoms with Gasteiger partial charge in [-0.1, -0.05) is 60.2 Å². The van der Waals surface area contributed by atoms with Gasteiger partial charge in [0, 0.05) is 7.11 Å². The number of rotatable bonds is 10. The van der Waals surface area contributed by atoms with Gasteiger partial charge in [0.15, 0.2) is 0 Å². The van der Waals surface area contributed by atoms with E-state index in [-0.39, 0.29) is 5.60 Å². The van der Waals surface area contributed by atoms with Crippen LogP contribution < -0.4 is 15.9 Å². The van der Waals surface area contributed by atoms with Gasteiger partial charge in [-0.3, -0.25) is 0 Å². The molecule has 31 heavy (non-hydrogen) atoms. The van der Waals surface area contributed by atoms with Crippen molar-refractivity contribution in [3.05, 3.63) is 103 Å². The summed E-state index contributed by atoms with van der Waals surface area (Å²) >= 11 is 0. The molecule has 0 atom stereocenters. The summed E-state index contributed by atoms with van der Waals surface area (Å²) in [5, 5.41) is 4.32. The lowest BCUT2D eigenvalue weighted by Crippen LogP contribution is -2.33. The molecule has 0 aliphatic heterocycles. The molecule has 0 aliphatic rings. The number of ether oxygens (including phenoxy) is 1. The highest BCUT2D eigenvalue weighted by atomic mass is 31.2. The van der Waals surface area contributed by atoms with Crippen LogP contribution in [0.5, 0.6) is 0 Å². The Balaban J connectivity index is 1.98. The SMILES string of the molecule is COC(C)(C)CCCC(C)=CC[P+](c1ccccc1)(c1ccccc1)c1ccccc1. The van der Waals surface area contributed by atoms with Crippen LogP contribution in [0.4, 0.5) is 0 Å². The average molecular weight is 432 g/mol. The van der Waals surface area contributed by atoms with Crippen LogP contribution in [-0.2, 0) is 4.74 Å². The Labute approximate surface area is 189 Å². The molecular weight excluding hydrogens is 395 g/mol. The lowest BCUT2D eigenvalue weighted by Gasteiger charge is -2.27. The zero-order valence-electron chi connectivity index (χ0n) is 19.4. The van der Waals surface area contributed by atoms with E-state index in [4.69, 9.17) is 4.74 Å². The number of hydrogen-bond donors (Lipinski definition) is 0. The van der Waals surface area contributed by atoms with Gasteiger partial charge < -0.3 is 4.74 Å². The van der Waals surface area contributed by atoms with E-state index in [0.29, 0.717) is 0 Å². The minimum atomic E-state index is -1.78. The second-order valence-corrected chi connectivity index (χ2v) is 12.4. The number of hydrogen-bond acceptors (Lipinski definition) is 1. The Morgan fingerprint density at radius 3 is 1.58 bits per heavy atom. The maximum absolute atomic E-state index is 5.59. The first kappa shape index (κ1) is 23.5. The molecule has 0 saturated carbocycles. The van der Waals surface area contributed by atoms with Crippen molar-refractivity contribution in [2.45, 2.75) is 45.6 Å². The standard InChI is InChI=1S/C29H36OP/c1-25(15-14-23-29(2,3)30-4)22-24-31(26-16-8-5-9-17-26,27-18-10-6-11-19-27)28-20-12-7-13-21-28/h5-13,16-22H,14-15,23-24H2,1-4H3/q+1. The van der Waals surface area contributed by atoms with E-state index in [2.05, 4.69) is 118 Å². The number of methoxy groups -OCH3 is 1. The van der Waals surface area contributed by atoms with Crippen molar-refractivity contribution in [1.82, 2.24) is 0 Å². The second kappa shape index (κ2) is 10.9. The van der Waals surface area contributed by atoms with E-state index in [1.165, 1.54) is 21.5 Å². The van der Waals surface area contributed by atoms with Crippen LogP contribution in [0.3, 0.4) is 0 Å². The summed E-state index contributed by atoms with van der Waals surface area (Å²) in [7, 11) is 0.0280. The topological polar surface area (TPSA) is 9.23 Å². The van der Waals surface area contributed by atoms with E-state index in [1.54, 1.807) is 7.11 Å². The largest absolute Gasteiger partial charge is 0.379 e. The Bertz CT molecular complexity index is 849. The van der Waals surface area contributed by atoms with Crippen LogP contribution in [0.25, 0.3) is 0 Å². The molecule has 0 aliphatic carbocycles. The van der Waals surface area contributed by atoms with Gasteiger partial charge in [0.2, 0.25) is 0 Å². The third-order valence-electron chi connectivity index (χ3n) is 6.21. The molecule has 2 heteroatoms. The van der Waals surface area contributed by atoms with Crippen molar-refractivity contribution < 1.29 is 4.74 Å². The fourth-order valence-corrected chi connectivity index (χ4v) is 8.26. The molecule has 0 heterocycles. The minimum absolute atomic E-state index is 0.0465. The molecule has 162 valence electrons. The first-order valence-electron chi connectivity index (χ1n) is 11.2. The van der Waals surface area contributed by atoms with Crippen molar-refractivity contribution in [2.75, 3.05) is 13.3 Å². The molecule has 0 saturated heterocycles. The van der Waals surface area contributed by atoms with Crippen LogP contribution in [0.1, 0.15) is 40.0 Å². The van der Waals surface area contributed by atoms with E-state index >= 15 is 0 Å². The molecule has 0 radical (unpaired) electrons. The lowest BCUT2D eigenvalue weighted by molar-refractivity contribution is 0.0140. The van der Waals surface area contributed by atoms with E-state index < -0.39 is 7.26 Å². The molecule has 0 bridgehead atoms.